The van der Waals surface area contributed by atoms with Crippen molar-refractivity contribution in [2.45, 2.75) is 17.7 Å². The Hall–Kier alpha value is -1.67. The van der Waals surface area contributed by atoms with Gasteiger partial charge in [-0.2, -0.15) is 0 Å². The number of aromatic nitrogens is 1. The molecule has 1 saturated carbocycles. The molecule has 0 unspecified atom stereocenters. The average Bonchev–Trinajstić information content (AvgIpc) is 3.19. The highest BCUT2D eigenvalue weighted by Crippen LogP contribution is 2.28. The van der Waals surface area contributed by atoms with Gasteiger partial charge in [-0.15, -0.1) is 0 Å². The van der Waals surface area contributed by atoms with E-state index in [1.54, 1.807) is 6.07 Å². The van der Waals surface area contributed by atoms with Crippen LogP contribution in [0.5, 0.6) is 0 Å². The van der Waals surface area contributed by atoms with Crippen molar-refractivity contribution in [3.05, 3.63) is 18.3 Å². The molecule has 0 spiro atoms. The number of pyridine rings is 1. The lowest BCUT2D eigenvalue weighted by molar-refractivity contribution is -0.142. The summed E-state index contributed by atoms with van der Waals surface area (Å²) < 4.78 is 26.6. The van der Waals surface area contributed by atoms with Gasteiger partial charge in [0.2, 0.25) is 10.0 Å². The molecule has 0 radical (unpaired) electrons. The number of carbonyl (C=O) groups is 1. The van der Waals surface area contributed by atoms with Gasteiger partial charge in [-0.3, -0.25) is 4.79 Å². The number of hydrogen-bond acceptors (Lipinski definition) is 5. The minimum Gasteiger partial charge on any atom is -0.481 e. The van der Waals surface area contributed by atoms with Crippen LogP contribution in [0.2, 0.25) is 0 Å². The van der Waals surface area contributed by atoms with Gasteiger partial charge in [0.25, 0.3) is 0 Å². The van der Waals surface area contributed by atoms with E-state index in [0.29, 0.717) is 31.4 Å². The Bertz CT molecular complexity index is 634. The zero-order valence-corrected chi connectivity index (χ0v) is 12.2. The molecule has 1 aromatic heterocycles. The number of carboxylic acid groups (broad SMARTS) is 1. The molecular weight excluding hydrogens is 294 g/mol. The molecule has 0 amide bonds. The zero-order chi connectivity index (χ0) is 15.0. The minimum absolute atomic E-state index is 0.141. The number of carboxylic acids is 1. The normalized spacial score (nSPS) is 19.3. The van der Waals surface area contributed by atoms with Gasteiger partial charge in [-0.25, -0.2) is 18.1 Å². The maximum Gasteiger partial charge on any atom is 0.310 e. The first-order valence-electron chi connectivity index (χ1n) is 6.89. The highest BCUT2D eigenvalue weighted by Gasteiger charge is 2.33. The second-order valence-electron chi connectivity index (χ2n) is 5.59. The fourth-order valence-electron chi connectivity index (χ4n) is 2.17. The SMILES string of the molecule is O=C(O)C1CN(c2ccc(S(=O)(=O)NCC3CC3)cn2)C1. The van der Waals surface area contributed by atoms with Gasteiger partial charge >= 0.3 is 5.97 Å². The van der Waals surface area contributed by atoms with Crippen LogP contribution in [0, 0.1) is 11.8 Å². The van der Waals surface area contributed by atoms with Crippen molar-refractivity contribution in [3.8, 4) is 0 Å². The number of sulfonamides is 1. The lowest BCUT2D eigenvalue weighted by Crippen LogP contribution is -2.50. The first-order chi connectivity index (χ1) is 9.95. The third-order valence-electron chi connectivity index (χ3n) is 3.84. The Morgan fingerprint density at radius 1 is 1.38 bits per heavy atom. The zero-order valence-electron chi connectivity index (χ0n) is 11.4. The Balaban J connectivity index is 1.62. The summed E-state index contributed by atoms with van der Waals surface area (Å²) in [5, 5.41) is 8.82. The molecule has 21 heavy (non-hydrogen) atoms. The van der Waals surface area contributed by atoms with E-state index in [2.05, 4.69) is 9.71 Å². The van der Waals surface area contributed by atoms with Gasteiger partial charge in [0.05, 0.1) is 5.92 Å². The summed E-state index contributed by atoms with van der Waals surface area (Å²) >= 11 is 0. The van der Waals surface area contributed by atoms with Gasteiger partial charge < -0.3 is 10.0 Å². The summed E-state index contributed by atoms with van der Waals surface area (Å²) in [6.45, 7) is 1.30. The summed E-state index contributed by atoms with van der Waals surface area (Å²) in [6.07, 6.45) is 3.48. The van der Waals surface area contributed by atoms with Crippen LogP contribution in [0.1, 0.15) is 12.8 Å². The van der Waals surface area contributed by atoms with Crippen molar-refractivity contribution in [2.24, 2.45) is 11.8 Å². The summed E-state index contributed by atoms with van der Waals surface area (Å²) in [5.41, 5.74) is 0. The number of hydrogen-bond donors (Lipinski definition) is 2. The van der Waals surface area contributed by atoms with E-state index in [-0.39, 0.29) is 10.8 Å². The average molecular weight is 311 g/mol. The third-order valence-corrected chi connectivity index (χ3v) is 5.25. The van der Waals surface area contributed by atoms with Crippen molar-refractivity contribution in [1.29, 1.82) is 0 Å². The lowest BCUT2D eigenvalue weighted by atomic mass is 10.0. The van der Waals surface area contributed by atoms with Crippen LogP contribution >= 0.6 is 0 Å². The third kappa shape index (κ3) is 3.16. The molecule has 1 aliphatic carbocycles. The maximum atomic E-state index is 12.0. The Morgan fingerprint density at radius 2 is 2.10 bits per heavy atom. The largest absolute Gasteiger partial charge is 0.481 e. The second-order valence-corrected chi connectivity index (χ2v) is 7.35. The molecule has 0 aromatic carbocycles. The van der Waals surface area contributed by atoms with Crippen LogP contribution in [-0.4, -0.2) is 44.1 Å². The highest BCUT2D eigenvalue weighted by molar-refractivity contribution is 7.89. The van der Waals surface area contributed by atoms with Crippen LogP contribution in [0.15, 0.2) is 23.2 Å². The molecule has 1 aliphatic heterocycles. The Kier molecular flexibility index (Phi) is 3.58. The maximum absolute atomic E-state index is 12.0. The molecule has 2 heterocycles. The predicted octanol–water partition coefficient (Wildman–Crippen LogP) is 0.291. The molecule has 2 N–H and O–H groups in total. The van der Waals surface area contributed by atoms with Gasteiger partial charge in [0, 0.05) is 25.8 Å². The van der Waals surface area contributed by atoms with Crippen LogP contribution in [0.4, 0.5) is 5.82 Å². The highest BCUT2D eigenvalue weighted by atomic mass is 32.2. The molecule has 8 heteroatoms. The van der Waals surface area contributed by atoms with Crippen molar-refractivity contribution in [3.63, 3.8) is 0 Å². The topological polar surface area (TPSA) is 99.6 Å². The molecule has 1 saturated heterocycles. The van der Waals surface area contributed by atoms with Crippen molar-refractivity contribution in [1.82, 2.24) is 9.71 Å². The monoisotopic (exact) mass is 311 g/mol. The lowest BCUT2D eigenvalue weighted by Gasteiger charge is -2.37. The fourth-order valence-corrected chi connectivity index (χ4v) is 3.23. The summed E-state index contributed by atoms with van der Waals surface area (Å²) in [5.74, 6) is -0.0974. The van der Waals surface area contributed by atoms with Crippen molar-refractivity contribution in [2.75, 3.05) is 24.5 Å². The van der Waals surface area contributed by atoms with Crippen LogP contribution in [0.25, 0.3) is 0 Å². The van der Waals surface area contributed by atoms with Gasteiger partial charge in [0.15, 0.2) is 0 Å². The van der Waals surface area contributed by atoms with Crippen LogP contribution < -0.4 is 9.62 Å². The van der Waals surface area contributed by atoms with Crippen molar-refractivity contribution >= 4 is 21.8 Å². The molecule has 2 fully saturated rings. The summed E-state index contributed by atoms with van der Waals surface area (Å²) in [7, 11) is -3.50. The molecule has 114 valence electrons. The first-order valence-corrected chi connectivity index (χ1v) is 8.37. The molecular formula is C13H17N3O4S. The Labute approximate surface area is 123 Å². The quantitative estimate of drug-likeness (QED) is 0.783. The number of nitrogens with one attached hydrogen (secondary N) is 1. The van der Waals surface area contributed by atoms with E-state index in [0.717, 1.165) is 12.8 Å². The van der Waals surface area contributed by atoms with E-state index < -0.39 is 16.0 Å². The van der Waals surface area contributed by atoms with Crippen LogP contribution in [-0.2, 0) is 14.8 Å². The number of aliphatic carboxylic acids is 1. The van der Waals surface area contributed by atoms with E-state index in [4.69, 9.17) is 5.11 Å². The van der Waals surface area contributed by atoms with Crippen molar-refractivity contribution < 1.29 is 18.3 Å². The molecule has 0 bridgehead atoms. The first kappa shape index (κ1) is 14.3. The molecule has 0 atom stereocenters. The van der Waals surface area contributed by atoms with E-state index >= 15 is 0 Å². The van der Waals surface area contributed by atoms with E-state index in [1.807, 2.05) is 4.90 Å². The second kappa shape index (κ2) is 5.27. The molecule has 2 aliphatic rings. The summed E-state index contributed by atoms with van der Waals surface area (Å²) in [6, 6.07) is 3.12. The Morgan fingerprint density at radius 3 is 2.62 bits per heavy atom. The number of anilines is 1. The van der Waals surface area contributed by atoms with E-state index in [9.17, 15) is 13.2 Å². The van der Waals surface area contributed by atoms with Gasteiger partial charge in [-0.05, 0) is 30.9 Å². The van der Waals surface area contributed by atoms with Crippen LogP contribution in [0.3, 0.4) is 0 Å². The van der Waals surface area contributed by atoms with E-state index in [1.165, 1.54) is 12.3 Å². The number of rotatable bonds is 6. The summed E-state index contributed by atoms with van der Waals surface area (Å²) in [4.78, 5) is 16.8. The fraction of sp³-hybridized carbons (Fsp3) is 0.538. The molecule has 1 aromatic rings. The minimum atomic E-state index is -3.50. The smallest absolute Gasteiger partial charge is 0.310 e. The molecule has 3 rings (SSSR count). The number of nitrogens with zero attached hydrogens (tertiary/aromatic N) is 2. The predicted molar refractivity (Wildman–Crippen MR) is 75.5 cm³/mol. The van der Waals surface area contributed by atoms with Gasteiger partial charge in [0.1, 0.15) is 10.7 Å². The molecule has 7 nitrogen and oxygen atoms in total. The van der Waals surface area contributed by atoms with Gasteiger partial charge in [-0.1, -0.05) is 0 Å². The standard InChI is InChI=1S/C13H17N3O4S/c17-13(18)10-7-16(8-10)12-4-3-11(6-14-12)21(19,20)15-5-9-1-2-9/h3-4,6,9-10,15H,1-2,5,7-8H2,(H,17,18).